The van der Waals surface area contributed by atoms with Gasteiger partial charge in [-0.15, -0.1) is 0 Å². The third-order valence-corrected chi connectivity index (χ3v) is 3.89. The molecule has 0 saturated heterocycles. The van der Waals surface area contributed by atoms with Crippen LogP contribution < -0.4 is 5.32 Å². The number of hydrogen-bond acceptors (Lipinski definition) is 3. The molecule has 132 valence electrons. The fourth-order valence-corrected chi connectivity index (χ4v) is 2.68. The van der Waals surface area contributed by atoms with Crippen molar-refractivity contribution < 1.29 is 14.3 Å². The molecule has 0 aromatic heterocycles. The van der Waals surface area contributed by atoms with E-state index in [-0.39, 0.29) is 23.3 Å². The lowest BCUT2D eigenvalue weighted by molar-refractivity contribution is -0.164. The van der Waals surface area contributed by atoms with Gasteiger partial charge in [-0.1, -0.05) is 18.6 Å². The highest BCUT2D eigenvalue weighted by Crippen LogP contribution is 2.33. The molecular formula is C19H33NO3. The van der Waals surface area contributed by atoms with E-state index in [1.807, 2.05) is 60.6 Å². The molecule has 23 heavy (non-hydrogen) atoms. The van der Waals surface area contributed by atoms with Gasteiger partial charge < -0.3 is 10.1 Å². The number of carbonyl (C=O) groups is 2. The molecule has 0 aromatic carbocycles. The molecule has 0 heterocycles. The van der Waals surface area contributed by atoms with Crippen LogP contribution >= 0.6 is 0 Å². The van der Waals surface area contributed by atoms with Gasteiger partial charge in [-0.25, -0.2) is 0 Å². The first-order valence-corrected chi connectivity index (χ1v) is 8.56. The highest BCUT2D eigenvalue weighted by molar-refractivity contribution is 5.80. The van der Waals surface area contributed by atoms with Crippen LogP contribution in [0.4, 0.5) is 0 Å². The lowest BCUT2D eigenvalue weighted by Crippen LogP contribution is -2.44. The van der Waals surface area contributed by atoms with Gasteiger partial charge in [0, 0.05) is 11.5 Å². The summed E-state index contributed by atoms with van der Waals surface area (Å²) in [5.74, 6) is -0.101. The first-order valence-electron chi connectivity index (χ1n) is 8.56. The highest BCUT2D eigenvalue weighted by atomic mass is 16.6. The molecule has 2 unspecified atom stereocenters. The average molecular weight is 323 g/mol. The number of allylic oxidation sites excluding steroid dienone is 1. The maximum atomic E-state index is 12.5. The van der Waals surface area contributed by atoms with Gasteiger partial charge in [0.05, 0.1) is 5.41 Å². The van der Waals surface area contributed by atoms with E-state index >= 15 is 0 Å². The van der Waals surface area contributed by atoms with Crippen molar-refractivity contribution >= 4 is 11.9 Å². The fourth-order valence-electron chi connectivity index (χ4n) is 2.68. The second-order valence-corrected chi connectivity index (χ2v) is 8.89. The fraction of sp³-hybridized carbons (Fsp3) is 0.789. The highest BCUT2D eigenvalue weighted by Gasteiger charge is 2.36. The SMILES string of the molecule is CC(C)(C)NC(=O)C1C/C=C/C(C)(C(=O)OC(C)(C)C)CCC1. The Morgan fingerprint density at radius 2 is 1.78 bits per heavy atom. The predicted molar refractivity (Wildman–Crippen MR) is 92.9 cm³/mol. The minimum absolute atomic E-state index is 0.0198. The van der Waals surface area contributed by atoms with Crippen LogP contribution in [0.2, 0.25) is 0 Å². The molecule has 0 aromatic rings. The molecule has 0 aliphatic heterocycles. The van der Waals surface area contributed by atoms with Gasteiger partial charge in [0.1, 0.15) is 5.60 Å². The van der Waals surface area contributed by atoms with Gasteiger partial charge in [0.15, 0.2) is 0 Å². The van der Waals surface area contributed by atoms with Crippen LogP contribution in [0.5, 0.6) is 0 Å². The summed E-state index contributed by atoms with van der Waals surface area (Å²) in [5, 5.41) is 3.05. The van der Waals surface area contributed by atoms with Gasteiger partial charge in [-0.2, -0.15) is 0 Å². The zero-order chi connectivity index (χ0) is 17.9. The third-order valence-electron chi connectivity index (χ3n) is 3.89. The molecule has 0 bridgehead atoms. The summed E-state index contributed by atoms with van der Waals surface area (Å²) < 4.78 is 5.55. The molecule has 4 heteroatoms. The number of nitrogens with one attached hydrogen (secondary N) is 1. The number of ether oxygens (including phenoxy) is 1. The molecule has 0 radical (unpaired) electrons. The van der Waals surface area contributed by atoms with Crippen LogP contribution in [-0.2, 0) is 14.3 Å². The van der Waals surface area contributed by atoms with Crippen LogP contribution in [0.1, 0.15) is 74.1 Å². The van der Waals surface area contributed by atoms with E-state index in [0.717, 1.165) is 12.8 Å². The van der Waals surface area contributed by atoms with Gasteiger partial charge in [-0.05, 0) is 67.7 Å². The normalized spacial score (nSPS) is 27.5. The maximum Gasteiger partial charge on any atom is 0.316 e. The summed E-state index contributed by atoms with van der Waals surface area (Å²) in [7, 11) is 0. The van der Waals surface area contributed by atoms with Gasteiger partial charge >= 0.3 is 5.97 Å². The van der Waals surface area contributed by atoms with E-state index in [1.54, 1.807) is 0 Å². The summed E-state index contributed by atoms with van der Waals surface area (Å²) in [4.78, 5) is 24.8. The summed E-state index contributed by atoms with van der Waals surface area (Å²) in [5.41, 5.74) is -1.29. The lowest BCUT2D eigenvalue weighted by atomic mass is 9.79. The first kappa shape index (κ1) is 19.7. The molecule has 1 N–H and O–H groups in total. The molecule has 1 aliphatic carbocycles. The van der Waals surface area contributed by atoms with Crippen molar-refractivity contribution in [2.45, 2.75) is 85.3 Å². The number of carbonyl (C=O) groups excluding carboxylic acids is 2. The third kappa shape index (κ3) is 6.76. The average Bonchev–Trinajstić information content (AvgIpc) is 2.29. The van der Waals surface area contributed by atoms with Crippen LogP contribution in [0.25, 0.3) is 0 Å². The maximum absolute atomic E-state index is 12.5. The van der Waals surface area contributed by atoms with Crippen LogP contribution in [0.3, 0.4) is 0 Å². The second kappa shape index (κ2) is 7.06. The Hall–Kier alpha value is -1.32. The molecule has 1 amide bonds. The van der Waals surface area contributed by atoms with Crippen molar-refractivity contribution in [1.82, 2.24) is 5.32 Å². The van der Waals surface area contributed by atoms with Gasteiger partial charge in [0.2, 0.25) is 5.91 Å². The van der Waals surface area contributed by atoms with E-state index in [1.165, 1.54) is 0 Å². The molecule has 1 aliphatic rings. The first-order chi connectivity index (χ1) is 10.3. The summed E-state index contributed by atoms with van der Waals surface area (Å²) in [6.07, 6.45) is 6.90. The minimum Gasteiger partial charge on any atom is -0.459 e. The van der Waals surface area contributed by atoms with Crippen molar-refractivity contribution in [3.8, 4) is 0 Å². The van der Waals surface area contributed by atoms with Crippen LogP contribution in [-0.4, -0.2) is 23.0 Å². The molecule has 0 saturated carbocycles. The Kier molecular flexibility index (Phi) is 6.06. The summed E-state index contributed by atoms with van der Waals surface area (Å²) in [6, 6.07) is 0. The van der Waals surface area contributed by atoms with Crippen molar-refractivity contribution in [2.75, 3.05) is 0 Å². The van der Waals surface area contributed by atoms with E-state index in [2.05, 4.69) is 5.32 Å². The number of rotatable bonds is 2. The topological polar surface area (TPSA) is 55.4 Å². The monoisotopic (exact) mass is 323 g/mol. The minimum atomic E-state index is -0.598. The van der Waals surface area contributed by atoms with Crippen molar-refractivity contribution in [2.24, 2.45) is 11.3 Å². The number of amides is 1. The molecule has 4 nitrogen and oxygen atoms in total. The largest absolute Gasteiger partial charge is 0.459 e. The van der Waals surface area contributed by atoms with E-state index in [9.17, 15) is 9.59 Å². The van der Waals surface area contributed by atoms with Gasteiger partial charge in [-0.3, -0.25) is 9.59 Å². The Balaban J connectivity index is 2.75. The van der Waals surface area contributed by atoms with Crippen LogP contribution in [0.15, 0.2) is 12.2 Å². The number of esters is 1. The van der Waals surface area contributed by atoms with E-state index < -0.39 is 11.0 Å². The second-order valence-electron chi connectivity index (χ2n) is 8.89. The summed E-state index contributed by atoms with van der Waals surface area (Å²) >= 11 is 0. The Labute approximate surface area is 141 Å². The molecular weight excluding hydrogens is 290 g/mol. The van der Waals surface area contributed by atoms with Crippen LogP contribution in [0, 0.1) is 11.3 Å². The van der Waals surface area contributed by atoms with Crippen molar-refractivity contribution in [1.29, 1.82) is 0 Å². The van der Waals surface area contributed by atoms with E-state index in [4.69, 9.17) is 4.74 Å². The van der Waals surface area contributed by atoms with E-state index in [0.29, 0.717) is 12.8 Å². The predicted octanol–water partition coefficient (Wildman–Crippen LogP) is 4.00. The zero-order valence-electron chi connectivity index (χ0n) is 15.8. The zero-order valence-corrected chi connectivity index (χ0v) is 15.8. The number of hydrogen-bond donors (Lipinski definition) is 1. The smallest absolute Gasteiger partial charge is 0.316 e. The van der Waals surface area contributed by atoms with Gasteiger partial charge in [0.25, 0.3) is 0 Å². The Bertz CT molecular complexity index is 468. The van der Waals surface area contributed by atoms with Crippen molar-refractivity contribution in [3.05, 3.63) is 12.2 Å². The standard InChI is InChI=1S/C19H33NO3/c1-17(2,3)20-15(21)14-10-8-12-19(7,13-9-11-14)16(22)23-18(4,5)6/h8,12,14H,9-11,13H2,1-7H3,(H,20,21)/b12-8+. The molecule has 0 fully saturated rings. The molecule has 2 atom stereocenters. The molecule has 0 spiro atoms. The Morgan fingerprint density at radius 3 is 2.30 bits per heavy atom. The quantitative estimate of drug-likeness (QED) is 0.617. The molecule has 1 rings (SSSR count). The summed E-state index contributed by atoms with van der Waals surface area (Å²) in [6.45, 7) is 13.5. The van der Waals surface area contributed by atoms with Crippen molar-refractivity contribution in [3.63, 3.8) is 0 Å². The Morgan fingerprint density at radius 1 is 1.17 bits per heavy atom. The lowest BCUT2D eigenvalue weighted by Gasteiger charge is -2.31.